The number of rotatable bonds is 5. The fourth-order valence-corrected chi connectivity index (χ4v) is 3.32. The summed E-state index contributed by atoms with van der Waals surface area (Å²) in [5, 5.41) is 4.40. The minimum Gasteiger partial charge on any atom is -0.352 e. The number of fused-ring (bicyclic) bond motifs is 1. The normalized spacial score (nSPS) is 10.8. The highest BCUT2D eigenvalue weighted by atomic mass is 35.5. The molecule has 0 spiro atoms. The summed E-state index contributed by atoms with van der Waals surface area (Å²) in [6.07, 6.45) is 0.624. The molecule has 1 N–H and O–H groups in total. The molecular formula is C24H18ClFN2O. The van der Waals surface area contributed by atoms with Crippen molar-refractivity contribution in [3.63, 3.8) is 0 Å². The smallest absolute Gasteiger partial charge is 0.252 e. The van der Waals surface area contributed by atoms with Crippen molar-refractivity contribution < 1.29 is 9.18 Å². The standard InChI is InChI=1S/C24H18ClFN2O/c25-18-9-7-17(8-10-18)23-15-21(20-3-1-2-4-22(20)28-23)24(29)27-14-13-16-5-11-19(26)12-6-16/h1-12,15H,13-14H2,(H,27,29). The van der Waals surface area contributed by atoms with Crippen molar-refractivity contribution in [1.29, 1.82) is 0 Å². The van der Waals surface area contributed by atoms with Crippen LogP contribution in [0.4, 0.5) is 4.39 Å². The number of nitrogens with zero attached hydrogens (tertiary/aromatic N) is 1. The van der Waals surface area contributed by atoms with E-state index in [4.69, 9.17) is 16.6 Å². The summed E-state index contributed by atoms with van der Waals surface area (Å²) in [5.74, 6) is -0.434. The van der Waals surface area contributed by atoms with E-state index in [1.807, 2.05) is 36.4 Å². The second-order valence-electron chi connectivity index (χ2n) is 6.71. The van der Waals surface area contributed by atoms with Crippen molar-refractivity contribution in [2.75, 3.05) is 6.54 Å². The maximum absolute atomic E-state index is 13.0. The van der Waals surface area contributed by atoms with Gasteiger partial charge in [0.25, 0.3) is 5.91 Å². The summed E-state index contributed by atoms with van der Waals surface area (Å²) in [7, 11) is 0. The largest absolute Gasteiger partial charge is 0.352 e. The highest BCUT2D eigenvalue weighted by molar-refractivity contribution is 6.30. The van der Waals surface area contributed by atoms with Crippen LogP contribution < -0.4 is 5.32 Å². The lowest BCUT2D eigenvalue weighted by Crippen LogP contribution is -2.26. The summed E-state index contributed by atoms with van der Waals surface area (Å²) in [6, 6.07) is 23.0. The molecule has 4 aromatic rings. The highest BCUT2D eigenvalue weighted by Gasteiger charge is 2.13. The van der Waals surface area contributed by atoms with Gasteiger partial charge in [0.2, 0.25) is 0 Å². The summed E-state index contributed by atoms with van der Waals surface area (Å²) in [4.78, 5) is 17.6. The Morgan fingerprint density at radius 1 is 0.966 bits per heavy atom. The van der Waals surface area contributed by atoms with E-state index in [2.05, 4.69) is 5.32 Å². The van der Waals surface area contributed by atoms with Gasteiger partial charge in [0, 0.05) is 22.5 Å². The van der Waals surface area contributed by atoms with Gasteiger partial charge in [-0.3, -0.25) is 4.79 Å². The quantitative estimate of drug-likeness (QED) is 0.466. The SMILES string of the molecule is O=C(NCCc1ccc(F)cc1)c1cc(-c2ccc(Cl)cc2)nc2ccccc12. The van der Waals surface area contributed by atoms with Gasteiger partial charge in [0.05, 0.1) is 16.8 Å². The number of hydrogen-bond acceptors (Lipinski definition) is 2. The van der Waals surface area contributed by atoms with E-state index in [-0.39, 0.29) is 11.7 Å². The molecule has 144 valence electrons. The Kier molecular flexibility index (Phi) is 5.54. The van der Waals surface area contributed by atoms with E-state index in [0.717, 1.165) is 22.0 Å². The van der Waals surface area contributed by atoms with E-state index >= 15 is 0 Å². The first-order chi connectivity index (χ1) is 14.1. The van der Waals surface area contributed by atoms with Gasteiger partial charge in [-0.05, 0) is 48.4 Å². The van der Waals surface area contributed by atoms with E-state index in [1.54, 1.807) is 30.3 Å². The van der Waals surface area contributed by atoms with Gasteiger partial charge in [0.15, 0.2) is 0 Å². The molecular weight excluding hydrogens is 387 g/mol. The van der Waals surface area contributed by atoms with Crippen LogP contribution in [-0.2, 0) is 6.42 Å². The molecule has 3 aromatic carbocycles. The first kappa shape index (κ1) is 19.1. The lowest BCUT2D eigenvalue weighted by atomic mass is 10.0. The fourth-order valence-electron chi connectivity index (χ4n) is 3.20. The predicted octanol–water partition coefficient (Wildman–Crippen LogP) is 5.67. The molecule has 0 saturated heterocycles. The minimum atomic E-state index is -0.268. The van der Waals surface area contributed by atoms with Crippen molar-refractivity contribution in [1.82, 2.24) is 10.3 Å². The van der Waals surface area contributed by atoms with Gasteiger partial charge < -0.3 is 5.32 Å². The van der Waals surface area contributed by atoms with Crippen LogP contribution in [0.1, 0.15) is 15.9 Å². The molecule has 0 radical (unpaired) electrons. The van der Waals surface area contributed by atoms with Crippen LogP contribution >= 0.6 is 11.6 Å². The van der Waals surface area contributed by atoms with E-state index < -0.39 is 0 Å². The van der Waals surface area contributed by atoms with Crippen molar-refractivity contribution in [2.45, 2.75) is 6.42 Å². The zero-order valence-corrected chi connectivity index (χ0v) is 16.3. The Balaban J connectivity index is 1.60. The average Bonchev–Trinajstić information content (AvgIpc) is 2.75. The zero-order valence-electron chi connectivity index (χ0n) is 15.5. The third kappa shape index (κ3) is 4.44. The zero-order chi connectivity index (χ0) is 20.2. The molecule has 0 saturated carbocycles. The number of aromatic nitrogens is 1. The molecule has 1 amide bonds. The van der Waals surface area contributed by atoms with Crippen molar-refractivity contribution in [3.05, 3.63) is 101 Å². The third-order valence-corrected chi connectivity index (χ3v) is 4.97. The number of halogens is 2. The van der Waals surface area contributed by atoms with Crippen LogP contribution in [0, 0.1) is 5.82 Å². The van der Waals surface area contributed by atoms with Gasteiger partial charge >= 0.3 is 0 Å². The van der Waals surface area contributed by atoms with E-state index in [9.17, 15) is 9.18 Å². The van der Waals surface area contributed by atoms with Crippen molar-refractivity contribution in [3.8, 4) is 11.3 Å². The second kappa shape index (κ2) is 8.41. The minimum absolute atomic E-state index is 0.166. The van der Waals surface area contributed by atoms with Crippen LogP contribution in [0.2, 0.25) is 5.02 Å². The summed E-state index contributed by atoms with van der Waals surface area (Å²) >= 11 is 5.99. The van der Waals surface area contributed by atoms with Gasteiger partial charge in [-0.2, -0.15) is 0 Å². The molecule has 0 bridgehead atoms. The molecule has 0 aliphatic carbocycles. The van der Waals surface area contributed by atoms with Crippen LogP contribution in [0.15, 0.2) is 78.9 Å². The highest BCUT2D eigenvalue weighted by Crippen LogP contribution is 2.26. The van der Waals surface area contributed by atoms with Gasteiger partial charge in [-0.1, -0.05) is 54.1 Å². The summed E-state index contributed by atoms with van der Waals surface area (Å²) < 4.78 is 13.0. The van der Waals surface area contributed by atoms with Crippen LogP contribution in [-0.4, -0.2) is 17.4 Å². The summed E-state index contributed by atoms with van der Waals surface area (Å²) in [6.45, 7) is 0.456. The maximum atomic E-state index is 13.0. The van der Waals surface area contributed by atoms with Gasteiger partial charge in [0.1, 0.15) is 5.82 Å². The first-order valence-corrected chi connectivity index (χ1v) is 9.66. The Labute approximate surface area is 173 Å². The lowest BCUT2D eigenvalue weighted by Gasteiger charge is -2.11. The molecule has 0 atom stereocenters. The predicted molar refractivity (Wildman–Crippen MR) is 115 cm³/mol. The molecule has 0 fully saturated rings. The number of benzene rings is 3. The van der Waals surface area contributed by atoms with Crippen molar-refractivity contribution >= 4 is 28.4 Å². The molecule has 0 aliphatic rings. The van der Waals surface area contributed by atoms with Gasteiger partial charge in [-0.15, -0.1) is 0 Å². The van der Waals surface area contributed by atoms with E-state index in [1.165, 1.54) is 12.1 Å². The monoisotopic (exact) mass is 404 g/mol. The molecule has 3 nitrogen and oxygen atoms in total. The second-order valence-corrected chi connectivity index (χ2v) is 7.15. The number of carbonyl (C=O) groups excluding carboxylic acids is 1. The van der Waals surface area contributed by atoms with Gasteiger partial charge in [-0.25, -0.2) is 9.37 Å². The number of amides is 1. The Morgan fingerprint density at radius 3 is 2.45 bits per heavy atom. The van der Waals surface area contributed by atoms with Crippen LogP contribution in [0.3, 0.4) is 0 Å². The fraction of sp³-hybridized carbons (Fsp3) is 0.0833. The number of hydrogen-bond donors (Lipinski definition) is 1. The Morgan fingerprint density at radius 2 is 1.69 bits per heavy atom. The number of carbonyl (C=O) groups is 1. The molecule has 5 heteroatoms. The Hall–Kier alpha value is -3.24. The third-order valence-electron chi connectivity index (χ3n) is 4.71. The number of nitrogens with one attached hydrogen (secondary N) is 1. The molecule has 0 aliphatic heterocycles. The molecule has 29 heavy (non-hydrogen) atoms. The lowest BCUT2D eigenvalue weighted by molar-refractivity contribution is 0.0955. The van der Waals surface area contributed by atoms with Crippen LogP contribution in [0.5, 0.6) is 0 Å². The molecule has 0 unspecified atom stereocenters. The molecule has 1 heterocycles. The maximum Gasteiger partial charge on any atom is 0.252 e. The Bertz CT molecular complexity index is 1160. The van der Waals surface area contributed by atoms with Crippen molar-refractivity contribution in [2.24, 2.45) is 0 Å². The molecule has 1 aromatic heterocycles. The van der Waals surface area contributed by atoms with E-state index in [0.29, 0.717) is 29.2 Å². The average molecular weight is 405 g/mol. The topological polar surface area (TPSA) is 42.0 Å². The van der Waals surface area contributed by atoms with Crippen LogP contribution in [0.25, 0.3) is 22.2 Å². The number of para-hydroxylation sites is 1. The molecule has 4 rings (SSSR count). The number of pyridine rings is 1. The summed E-state index contributed by atoms with van der Waals surface area (Å²) in [5.41, 5.74) is 3.89. The first-order valence-electron chi connectivity index (χ1n) is 9.28.